The first-order chi connectivity index (χ1) is 8.36. The van der Waals surface area contributed by atoms with Gasteiger partial charge in [0, 0.05) is 31.5 Å². The predicted octanol–water partition coefficient (Wildman–Crippen LogP) is 2.09. The summed E-state index contributed by atoms with van der Waals surface area (Å²) in [5.74, 6) is 0.990. The van der Waals surface area contributed by atoms with Crippen LogP contribution >= 0.6 is 0 Å². The second-order valence-corrected chi connectivity index (χ2v) is 4.61. The minimum atomic E-state index is 0.465. The summed E-state index contributed by atoms with van der Waals surface area (Å²) in [6.45, 7) is 3.63. The normalized spacial score (nSPS) is 17.1. The average Bonchev–Trinajstić information content (AvgIpc) is 2.41. The molecule has 1 heterocycles. The van der Waals surface area contributed by atoms with E-state index in [-0.39, 0.29) is 0 Å². The number of hydrogen-bond acceptors (Lipinski definition) is 4. The maximum Gasteiger partial charge on any atom is 0.151 e. The first kappa shape index (κ1) is 12.3. The molecule has 0 amide bonds. The molecule has 4 nitrogen and oxygen atoms in total. The van der Waals surface area contributed by atoms with E-state index < -0.39 is 0 Å². The Morgan fingerprint density at radius 1 is 1.24 bits per heavy atom. The Kier molecular flexibility index (Phi) is 4.31. The van der Waals surface area contributed by atoms with Gasteiger partial charge in [-0.05, 0) is 19.8 Å². The second-order valence-electron chi connectivity index (χ2n) is 4.61. The van der Waals surface area contributed by atoms with Crippen molar-refractivity contribution < 1.29 is 0 Å². The molecule has 0 atom stereocenters. The molecule has 0 bridgehead atoms. The molecule has 4 heteroatoms. The molecule has 2 rings (SSSR count). The fourth-order valence-corrected chi connectivity index (χ4v) is 2.72. The molecule has 0 saturated heterocycles. The molecule has 2 N–H and O–H groups in total. The Balaban J connectivity index is 2.21. The van der Waals surface area contributed by atoms with Gasteiger partial charge in [-0.15, -0.1) is 0 Å². The fourth-order valence-electron chi connectivity index (χ4n) is 2.72. The van der Waals surface area contributed by atoms with E-state index in [1.54, 1.807) is 12.4 Å². The SMILES string of the molecule is CCN(c1nccnc1CN)C1CCCCC1. The third kappa shape index (κ3) is 2.75. The van der Waals surface area contributed by atoms with Crippen molar-refractivity contribution in [2.45, 2.75) is 51.6 Å². The molecule has 1 fully saturated rings. The zero-order valence-corrected chi connectivity index (χ0v) is 10.6. The smallest absolute Gasteiger partial charge is 0.151 e. The van der Waals surface area contributed by atoms with E-state index in [4.69, 9.17) is 5.73 Å². The zero-order valence-electron chi connectivity index (χ0n) is 10.6. The molecule has 0 aromatic carbocycles. The van der Waals surface area contributed by atoms with Crippen molar-refractivity contribution in [3.63, 3.8) is 0 Å². The largest absolute Gasteiger partial charge is 0.352 e. The molecule has 0 unspecified atom stereocenters. The average molecular weight is 234 g/mol. The first-order valence-corrected chi connectivity index (χ1v) is 6.63. The molecular weight excluding hydrogens is 212 g/mol. The summed E-state index contributed by atoms with van der Waals surface area (Å²) < 4.78 is 0. The highest BCUT2D eigenvalue weighted by Crippen LogP contribution is 2.27. The highest BCUT2D eigenvalue weighted by atomic mass is 15.2. The lowest BCUT2D eigenvalue weighted by Gasteiger charge is -2.35. The van der Waals surface area contributed by atoms with Crippen LogP contribution in [0.2, 0.25) is 0 Å². The van der Waals surface area contributed by atoms with E-state index in [1.807, 2.05) is 0 Å². The van der Waals surface area contributed by atoms with Gasteiger partial charge in [0.15, 0.2) is 5.82 Å². The Bertz CT molecular complexity index is 347. The van der Waals surface area contributed by atoms with Gasteiger partial charge in [0.2, 0.25) is 0 Å². The molecule has 1 aliphatic carbocycles. The van der Waals surface area contributed by atoms with Gasteiger partial charge < -0.3 is 10.6 Å². The summed E-state index contributed by atoms with van der Waals surface area (Å²) in [4.78, 5) is 11.2. The third-order valence-corrected chi connectivity index (χ3v) is 3.57. The molecule has 0 spiro atoms. The van der Waals surface area contributed by atoms with E-state index in [0.717, 1.165) is 18.1 Å². The van der Waals surface area contributed by atoms with Gasteiger partial charge in [-0.1, -0.05) is 19.3 Å². The Labute approximate surface area is 103 Å². The monoisotopic (exact) mass is 234 g/mol. The minimum absolute atomic E-state index is 0.465. The van der Waals surface area contributed by atoms with Gasteiger partial charge in [-0.25, -0.2) is 4.98 Å². The van der Waals surface area contributed by atoms with Crippen molar-refractivity contribution in [1.82, 2.24) is 9.97 Å². The lowest BCUT2D eigenvalue weighted by molar-refractivity contribution is 0.415. The molecule has 1 aliphatic rings. The van der Waals surface area contributed by atoms with Crippen molar-refractivity contribution in [3.8, 4) is 0 Å². The van der Waals surface area contributed by atoms with Crippen LogP contribution in [0.15, 0.2) is 12.4 Å². The van der Waals surface area contributed by atoms with Crippen LogP contribution in [0.3, 0.4) is 0 Å². The molecule has 17 heavy (non-hydrogen) atoms. The Morgan fingerprint density at radius 3 is 2.59 bits per heavy atom. The van der Waals surface area contributed by atoms with Crippen molar-refractivity contribution in [3.05, 3.63) is 18.1 Å². The van der Waals surface area contributed by atoms with E-state index in [2.05, 4.69) is 21.8 Å². The van der Waals surface area contributed by atoms with Crippen LogP contribution in [0, 0.1) is 0 Å². The number of nitrogens with zero attached hydrogens (tertiary/aromatic N) is 3. The highest BCUT2D eigenvalue weighted by molar-refractivity contribution is 5.44. The summed E-state index contributed by atoms with van der Waals surface area (Å²) in [7, 11) is 0. The first-order valence-electron chi connectivity index (χ1n) is 6.63. The van der Waals surface area contributed by atoms with Crippen molar-refractivity contribution in [2.24, 2.45) is 5.73 Å². The lowest BCUT2D eigenvalue weighted by atomic mass is 9.94. The highest BCUT2D eigenvalue weighted by Gasteiger charge is 2.22. The van der Waals surface area contributed by atoms with Gasteiger partial charge in [-0.3, -0.25) is 4.98 Å². The van der Waals surface area contributed by atoms with Crippen LogP contribution < -0.4 is 10.6 Å². The maximum absolute atomic E-state index is 5.74. The van der Waals surface area contributed by atoms with Gasteiger partial charge in [-0.2, -0.15) is 0 Å². The number of anilines is 1. The fraction of sp³-hybridized carbons (Fsp3) is 0.692. The van der Waals surface area contributed by atoms with Crippen LogP contribution in [0.4, 0.5) is 5.82 Å². The van der Waals surface area contributed by atoms with Crippen LogP contribution in [0.5, 0.6) is 0 Å². The molecule has 1 aromatic rings. The molecule has 1 aromatic heterocycles. The number of aromatic nitrogens is 2. The molecule has 0 aliphatic heterocycles. The van der Waals surface area contributed by atoms with E-state index in [9.17, 15) is 0 Å². The summed E-state index contributed by atoms with van der Waals surface area (Å²) in [5, 5.41) is 0. The van der Waals surface area contributed by atoms with Gasteiger partial charge in [0.25, 0.3) is 0 Å². The molecular formula is C13H22N4. The van der Waals surface area contributed by atoms with Crippen LogP contribution in [0.25, 0.3) is 0 Å². The maximum atomic E-state index is 5.74. The summed E-state index contributed by atoms with van der Waals surface area (Å²) >= 11 is 0. The lowest BCUT2D eigenvalue weighted by Crippen LogP contribution is -2.38. The van der Waals surface area contributed by atoms with Crippen molar-refractivity contribution >= 4 is 5.82 Å². The molecule has 1 saturated carbocycles. The number of nitrogens with two attached hydrogens (primary N) is 1. The van der Waals surface area contributed by atoms with Crippen LogP contribution in [0.1, 0.15) is 44.7 Å². The van der Waals surface area contributed by atoms with Gasteiger partial charge in [0.1, 0.15) is 0 Å². The summed E-state index contributed by atoms with van der Waals surface area (Å²) in [6.07, 6.45) is 10.1. The van der Waals surface area contributed by atoms with Gasteiger partial charge >= 0.3 is 0 Å². The quantitative estimate of drug-likeness (QED) is 0.866. The molecule has 0 radical (unpaired) electrons. The van der Waals surface area contributed by atoms with Crippen molar-refractivity contribution in [2.75, 3.05) is 11.4 Å². The zero-order chi connectivity index (χ0) is 12.1. The summed E-state index contributed by atoms with van der Waals surface area (Å²) in [6, 6.07) is 0.621. The molecule has 94 valence electrons. The third-order valence-electron chi connectivity index (χ3n) is 3.57. The topological polar surface area (TPSA) is 55.0 Å². The van der Waals surface area contributed by atoms with Crippen LogP contribution in [-0.4, -0.2) is 22.6 Å². The standard InChI is InChI=1S/C13H22N4/c1-2-17(11-6-4-3-5-7-11)13-12(10-14)15-8-9-16-13/h8-9,11H,2-7,10,14H2,1H3. The number of rotatable bonds is 4. The van der Waals surface area contributed by atoms with Crippen molar-refractivity contribution in [1.29, 1.82) is 0 Å². The Morgan fingerprint density at radius 2 is 1.94 bits per heavy atom. The van der Waals surface area contributed by atoms with Crippen LogP contribution in [-0.2, 0) is 6.54 Å². The second kappa shape index (κ2) is 5.96. The Hall–Kier alpha value is -1.16. The summed E-state index contributed by atoms with van der Waals surface area (Å²) in [5.41, 5.74) is 6.66. The minimum Gasteiger partial charge on any atom is -0.352 e. The van der Waals surface area contributed by atoms with E-state index in [0.29, 0.717) is 12.6 Å². The predicted molar refractivity (Wildman–Crippen MR) is 69.8 cm³/mol. The number of hydrogen-bond donors (Lipinski definition) is 1. The van der Waals surface area contributed by atoms with Gasteiger partial charge in [0.05, 0.1) is 5.69 Å². The van der Waals surface area contributed by atoms with E-state index in [1.165, 1.54) is 32.1 Å². The van der Waals surface area contributed by atoms with E-state index >= 15 is 0 Å².